The van der Waals surface area contributed by atoms with E-state index < -0.39 is 0 Å². The molecular weight excluding hydrogens is 356 g/mol. The first-order valence-electron chi connectivity index (χ1n) is 6.43. The molecule has 0 aliphatic carbocycles. The van der Waals surface area contributed by atoms with Gasteiger partial charge in [0.1, 0.15) is 12.9 Å². The molecule has 0 radical (unpaired) electrons. The van der Waals surface area contributed by atoms with Gasteiger partial charge in [0.05, 0.1) is 11.6 Å². The van der Waals surface area contributed by atoms with E-state index in [2.05, 4.69) is 15.9 Å². The Bertz CT molecular complexity index is 643. The number of rotatable bonds is 6. The highest BCUT2D eigenvalue weighted by atomic mass is 79.9. The summed E-state index contributed by atoms with van der Waals surface area (Å²) in [7, 11) is 0. The second-order valence-corrected chi connectivity index (χ2v) is 5.52. The fraction of sp³-hybridized carbons (Fsp3) is 0.188. The van der Waals surface area contributed by atoms with Gasteiger partial charge in [0.25, 0.3) is 0 Å². The van der Waals surface area contributed by atoms with Crippen molar-refractivity contribution < 1.29 is 14.3 Å². The number of aldehydes is 1. The summed E-state index contributed by atoms with van der Waals surface area (Å²) >= 11 is 9.65. The fourth-order valence-corrected chi connectivity index (χ4v) is 2.50. The highest BCUT2D eigenvalue weighted by molar-refractivity contribution is 9.10. The van der Waals surface area contributed by atoms with Crippen LogP contribution in [0.3, 0.4) is 0 Å². The van der Waals surface area contributed by atoms with Crippen molar-refractivity contribution in [1.29, 1.82) is 0 Å². The molecule has 0 amide bonds. The molecule has 0 saturated carbocycles. The molecule has 3 nitrogen and oxygen atoms in total. The van der Waals surface area contributed by atoms with Crippen LogP contribution in [0.2, 0.25) is 5.02 Å². The van der Waals surface area contributed by atoms with Crippen LogP contribution in [0.5, 0.6) is 11.5 Å². The largest absolute Gasteiger partial charge is 0.490 e. The molecule has 0 fully saturated rings. The van der Waals surface area contributed by atoms with Crippen LogP contribution in [0.15, 0.2) is 40.9 Å². The smallest absolute Gasteiger partial charge is 0.180 e. The van der Waals surface area contributed by atoms with Crippen LogP contribution in [0.25, 0.3) is 0 Å². The second-order valence-electron chi connectivity index (χ2n) is 4.26. The molecule has 2 aromatic rings. The van der Waals surface area contributed by atoms with Gasteiger partial charge in [-0.2, -0.15) is 0 Å². The number of ether oxygens (including phenoxy) is 2. The molecule has 0 saturated heterocycles. The summed E-state index contributed by atoms with van der Waals surface area (Å²) in [6, 6.07) is 11.0. The van der Waals surface area contributed by atoms with Gasteiger partial charge < -0.3 is 9.47 Å². The Balaban J connectivity index is 2.26. The monoisotopic (exact) mass is 368 g/mol. The van der Waals surface area contributed by atoms with E-state index in [1.54, 1.807) is 12.1 Å². The predicted octanol–water partition coefficient (Wildman–Crippen LogP) is 4.89. The first-order valence-corrected chi connectivity index (χ1v) is 7.60. The minimum atomic E-state index is 0.349. The third kappa shape index (κ3) is 3.99. The van der Waals surface area contributed by atoms with Crippen LogP contribution >= 0.6 is 27.5 Å². The minimum Gasteiger partial charge on any atom is -0.490 e. The van der Waals surface area contributed by atoms with Gasteiger partial charge in [-0.3, -0.25) is 4.79 Å². The van der Waals surface area contributed by atoms with Gasteiger partial charge in [0.2, 0.25) is 0 Å². The van der Waals surface area contributed by atoms with Crippen molar-refractivity contribution in [2.75, 3.05) is 6.61 Å². The van der Waals surface area contributed by atoms with Crippen molar-refractivity contribution in [3.8, 4) is 11.5 Å². The van der Waals surface area contributed by atoms with Crippen LogP contribution in [0.1, 0.15) is 22.8 Å². The van der Waals surface area contributed by atoms with Gasteiger partial charge >= 0.3 is 0 Å². The van der Waals surface area contributed by atoms with Gasteiger partial charge in [-0.15, -0.1) is 0 Å². The summed E-state index contributed by atoms with van der Waals surface area (Å²) in [5.41, 5.74) is 1.45. The Morgan fingerprint density at radius 2 is 2.00 bits per heavy atom. The van der Waals surface area contributed by atoms with Crippen molar-refractivity contribution in [1.82, 2.24) is 0 Å². The zero-order valence-electron chi connectivity index (χ0n) is 11.4. The Labute approximate surface area is 137 Å². The Hall–Kier alpha value is -1.52. The molecule has 0 bridgehead atoms. The average Bonchev–Trinajstić information content (AvgIpc) is 2.48. The average molecular weight is 370 g/mol. The lowest BCUT2D eigenvalue weighted by Gasteiger charge is -2.14. The highest BCUT2D eigenvalue weighted by Crippen LogP contribution is 2.37. The normalized spacial score (nSPS) is 10.2. The molecule has 0 spiro atoms. The quantitative estimate of drug-likeness (QED) is 0.680. The highest BCUT2D eigenvalue weighted by Gasteiger charge is 2.13. The first kappa shape index (κ1) is 15.9. The number of carbonyl (C=O) groups is 1. The van der Waals surface area contributed by atoms with Crippen LogP contribution in [-0.4, -0.2) is 12.9 Å². The molecule has 0 atom stereocenters. The number of halogens is 2. The van der Waals surface area contributed by atoms with Crippen molar-refractivity contribution in [3.05, 3.63) is 57.0 Å². The van der Waals surface area contributed by atoms with Gasteiger partial charge in [-0.1, -0.05) is 45.7 Å². The molecule has 110 valence electrons. The van der Waals surface area contributed by atoms with Crippen LogP contribution in [0, 0.1) is 0 Å². The molecule has 0 aliphatic heterocycles. The summed E-state index contributed by atoms with van der Waals surface area (Å²) in [6.07, 6.45) is 0.728. The lowest BCUT2D eigenvalue weighted by Crippen LogP contribution is -2.01. The summed E-state index contributed by atoms with van der Waals surface area (Å²) in [6.45, 7) is 2.67. The van der Waals surface area contributed by atoms with Crippen molar-refractivity contribution in [2.24, 2.45) is 0 Å². The lowest BCUT2D eigenvalue weighted by atomic mass is 10.2. The first-order chi connectivity index (χ1) is 10.2. The maximum absolute atomic E-state index is 10.9. The molecule has 21 heavy (non-hydrogen) atoms. The Kier molecular flexibility index (Phi) is 5.65. The van der Waals surface area contributed by atoms with E-state index in [0.717, 1.165) is 16.3 Å². The Morgan fingerprint density at radius 1 is 1.24 bits per heavy atom. The van der Waals surface area contributed by atoms with Crippen molar-refractivity contribution in [3.63, 3.8) is 0 Å². The van der Waals surface area contributed by atoms with Gasteiger partial charge in [0.15, 0.2) is 11.5 Å². The second kappa shape index (κ2) is 7.48. The molecular formula is C16H14BrClO3. The molecule has 0 N–H and O–H groups in total. The maximum Gasteiger partial charge on any atom is 0.180 e. The van der Waals surface area contributed by atoms with E-state index in [1.807, 2.05) is 31.2 Å². The summed E-state index contributed by atoms with van der Waals surface area (Å²) in [4.78, 5) is 10.9. The molecule has 2 rings (SSSR count). The Morgan fingerprint density at radius 3 is 2.67 bits per heavy atom. The molecule has 0 heterocycles. The molecule has 5 heteroatoms. The van der Waals surface area contributed by atoms with Gasteiger partial charge in [-0.25, -0.2) is 0 Å². The zero-order valence-corrected chi connectivity index (χ0v) is 13.8. The minimum absolute atomic E-state index is 0.349. The van der Waals surface area contributed by atoms with E-state index in [0.29, 0.717) is 35.3 Å². The summed E-state index contributed by atoms with van der Waals surface area (Å²) in [5, 5.41) is 0.357. The SMILES string of the molecule is CCOc1cc(C=O)cc(Cl)c1OCc1ccccc1Br. The van der Waals surface area contributed by atoms with Crippen LogP contribution in [-0.2, 0) is 6.61 Å². The standard InChI is InChI=1S/C16H14BrClO3/c1-2-20-15-8-11(9-19)7-14(18)16(15)21-10-12-5-3-4-6-13(12)17/h3-9H,2,10H2,1H3. The molecule has 0 aromatic heterocycles. The van der Waals surface area contributed by atoms with Gasteiger partial charge in [0, 0.05) is 15.6 Å². The number of carbonyl (C=O) groups excluding carboxylic acids is 1. The zero-order chi connectivity index (χ0) is 15.2. The van der Waals surface area contributed by atoms with Crippen LogP contribution in [0.4, 0.5) is 0 Å². The van der Waals surface area contributed by atoms with Gasteiger partial charge in [-0.05, 0) is 25.1 Å². The van der Waals surface area contributed by atoms with Crippen molar-refractivity contribution in [2.45, 2.75) is 13.5 Å². The number of hydrogen-bond acceptors (Lipinski definition) is 3. The fourth-order valence-electron chi connectivity index (χ4n) is 1.82. The van der Waals surface area contributed by atoms with E-state index in [4.69, 9.17) is 21.1 Å². The number of hydrogen-bond donors (Lipinski definition) is 0. The van der Waals surface area contributed by atoms with E-state index in [9.17, 15) is 4.79 Å². The summed E-state index contributed by atoms with van der Waals surface area (Å²) in [5.74, 6) is 0.916. The molecule has 2 aromatic carbocycles. The molecule has 0 unspecified atom stereocenters. The summed E-state index contributed by atoms with van der Waals surface area (Å²) < 4.78 is 12.2. The predicted molar refractivity (Wildman–Crippen MR) is 86.5 cm³/mol. The molecule has 0 aliphatic rings. The van der Waals surface area contributed by atoms with Crippen molar-refractivity contribution >= 4 is 33.8 Å². The van der Waals surface area contributed by atoms with E-state index in [-0.39, 0.29) is 0 Å². The van der Waals surface area contributed by atoms with Crippen LogP contribution < -0.4 is 9.47 Å². The third-order valence-corrected chi connectivity index (χ3v) is 3.85. The topological polar surface area (TPSA) is 35.5 Å². The van der Waals surface area contributed by atoms with E-state index in [1.165, 1.54) is 0 Å². The maximum atomic E-state index is 10.9. The number of benzene rings is 2. The van der Waals surface area contributed by atoms with E-state index >= 15 is 0 Å². The third-order valence-electron chi connectivity index (χ3n) is 2.80. The lowest BCUT2D eigenvalue weighted by molar-refractivity contribution is 0.112.